The van der Waals surface area contributed by atoms with Crippen LogP contribution in [-0.4, -0.2) is 35.6 Å². The summed E-state index contributed by atoms with van der Waals surface area (Å²) in [6.45, 7) is 0. The summed E-state index contributed by atoms with van der Waals surface area (Å²) in [6, 6.07) is 0. The molecule has 0 heterocycles. The van der Waals surface area contributed by atoms with Crippen LogP contribution in [0.25, 0.3) is 0 Å². The maximum Gasteiger partial charge on any atom is 4.00 e. The molecular formula is FeN7O21Ru. The van der Waals surface area contributed by atoms with Gasteiger partial charge in [0.2, 0.25) is 0 Å². The average molecular weight is 591 g/mol. The molecule has 0 rings (SSSR count). The van der Waals surface area contributed by atoms with E-state index in [0.717, 1.165) is 0 Å². The first-order valence-electron chi connectivity index (χ1n) is 3.83. The summed E-state index contributed by atoms with van der Waals surface area (Å²) in [7, 11) is 0. The fourth-order valence-corrected chi connectivity index (χ4v) is 0. The van der Waals surface area contributed by atoms with E-state index in [9.17, 15) is 0 Å². The van der Waals surface area contributed by atoms with Crippen molar-refractivity contribution in [2.75, 3.05) is 0 Å². The Morgan fingerprint density at radius 2 is 0.267 bits per heavy atom. The van der Waals surface area contributed by atoms with Gasteiger partial charge in [-0.1, -0.05) is 0 Å². The zero-order valence-corrected chi connectivity index (χ0v) is 15.3. The molecule has 0 saturated heterocycles. The summed E-state index contributed by atoms with van der Waals surface area (Å²) >= 11 is 0. The third-order valence-electron chi connectivity index (χ3n) is 0. The minimum atomic E-state index is -1.75. The minimum absolute atomic E-state index is 0. The molecule has 0 aromatic carbocycles. The molecule has 1 radical (unpaired) electrons. The quantitative estimate of drug-likeness (QED) is 0.172. The molecule has 0 aromatic rings. The summed E-state index contributed by atoms with van der Waals surface area (Å²) in [5.74, 6) is 0. The molecule has 0 saturated carbocycles. The number of hydrogen-bond donors (Lipinski definition) is 0. The van der Waals surface area contributed by atoms with E-state index >= 15 is 0 Å². The van der Waals surface area contributed by atoms with Crippen LogP contribution >= 0.6 is 0 Å². The normalized spacial score (nSPS) is 5.60. The first kappa shape index (κ1) is 56.2. The fourth-order valence-electron chi connectivity index (χ4n) is 0. The van der Waals surface area contributed by atoms with Crippen molar-refractivity contribution >= 4 is 0 Å². The van der Waals surface area contributed by atoms with Crippen LogP contribution in [0.5, 0.6) is 0 Å². The Labute approximate surface area is 180 Å². The average Bonchev–Trinajstić information content (AvgIpc) is 2.20. The van der Waals surface area contributed by atoms with Gasteiger partial charge in [0.05, 0.1) is 35.6 Å². The van der Waals surface area contributed by atoms with Gasteiger partial charge >= 0.3 is 36.5 Å². The van der Waals surface area contributed by atoms with Crippen molar-refractivity contribution in [3.05, 3.63) is 107 Å². The van der Waals surface area contributed by atoms with Gasteiger partial charge in [-0.25, -0.2) is 0 Å². The third-order valence-corrected chi connectivity index (χ3v) is 0. The van der Waals surface area contributed by atoms with Crippen molar-refractivity contribution in [1.82, 2.24) is 0 Å². The maximum atomic E-state index is 8.25. The van der Waals surface area contributed by atoms with Gasteiger partial charge in [0.15, 0.2) is 0 Å². The van der Waals surface area contributed by atoms with Crippen molar-refractivity contribution in [2.24, 2.45) is 0 Å². The summed E-state index contributed by atoms with van der Waals surface area (Å²) < 4.78 is 0. The van der Waals surface area contributed by atoms with E-state index in [1.54, 1.807) is 0 Å². The molecule has 0 aliphatic carbocycles. The van der Waals surface area contributed by atoms with Gasteiger partial charge in [-0.15, -0.1) is 0 Å². The van der Waals surface area contributed by atoms with Crippen molar-refractivity contribution in [3.8, 4) is 0 Å². The molecule has 0 aliphatic rings. The summed E-state index contributed by atoms with van der Waals surface area (Å²) in [5.41, 5.74) is 0. The molecular weight excluding hydrogens is 591 g/mol. The predicted octanol–water partition coefficient (Wildman–Crippen LogP) is -1.68. The Bertz CT molecular complexity index is 314. The standard InChI is InChI=1S/Fe.7NO3.Ru/c;7*2-1(3)4;/q+3;7*-1;+4. The van der Waals surface area contributed by atoms with Gasteiger partial charge in [-0.3, -0.25) is 0 Å². The van der Waals surface area contributed by atoms with Crippen molar-refractivity contribution < 1.29 is 72.2 Å². The van der Waals surface area contributed by atoms with E-state index in [2.05, 4.69) is 0 Å². The van der Waals surface area contributed by atoms with Gasteiger partial charge in [-0.05, 0) is 0 Å². The van der Waals surface area contributed by atoms with Crippen LogP contribution in [0.1, 0.15) is 0 Å². The second kappa shape index (κ2) is 49.7. The van der Waals surface area contributed by atoms with E-state index in [1.165, 1.54) is 0 Å². The molecule has 30 heavy (non-hydrogen) atoms. The zero-order chi connectivity index (χ0) is 25.0. The smallest absolute Gasteiger partial charge is 0.356 e. The summed E-state index contributed by atoms with van der Waals surface area (Å²) in [4.78, 5) is 57.8. The van der Waals surface area contributed by atoms with Gasteiger partial charge in [0.25, 0.3) is 0 Å². The summed E-state index contributed by atoms with van der Waals surface area (Å²) in [5, 5.41) is 103. The van der Waals surface area contributed by atoms with Crippen LogP contribution in [0.15, 0.2) is 0 Å². The second-order valence-electron chi connectivity index (χ2n) is 1.57. The van der Waals surface area contributed by atoms with E-state index in [-0.39, 0.29) is 36.5 Å². The molecule has 0 spiro atoms. The van der Waals surface area contributed by atoms with E-state index in [1.807, 2.05) is 0 Å². The zero-order valence-electron chi connectivity index (χ0n) is 12.4. The second-order valence-corrected chi connectivity index (χ2v) is 1.57. The predicted molar refractivity (Wildman–Crippen MR) is 72.5 cm³/mol. The van der Waals surface area contributed by atoms with Crippen LogP contribution in [0.3, 0.4) is 0 Å². The molecule has 0 unspecified atom stereocenters. The van der Waals surface area contributed by atoms with E-state index in [4.69, 9.17) is 107 Å². The molecule has 0 bridgehead atoms. The van der Waals surface area contributed by atoms with Crippen LogP contribution < -0.4 is 0 Å². The van der Waals surface area contributed by atoms with Gasteiger partial charge in [-0.2, -0.15) is 0 Å². The summed E-state index contributed by atoms with van der Waals surface area (Å²) in [6.07, 6.45) is 0. The fraction of sp³-hybridized carbons (Fsp3) is 0. The van der Waals surface area contributed by atoms with Gasteiger partial charge in [0, 0.05) is 0 Å². The van der Waals surface area contributed by atoms with Crippen LogP contribution in [-0.2, 0) is 36.5 Å². The molecule has 177 valence electrons. The molecule has 0 atom stereocenters. The number of hydrogen-bond acceptors (Lipinski definition) is 21. The number of nitrogens with zero attached hydrogens (tertiary/aromatic N) is 7. The van der Waals surface area contributed by atoms with E-state index in [0.29, 0.717) is 0 Å². The molecule has 0 aliphatic heterocycles. The third kappa shape index (κ3) is 602. The Morgan fingerprint density at radius 1 is 0.267 bits per heavy atom. The Hall–Kier alpha value is -4.46. The van der Waals surface area contributed by atoms with E-state index < -0.39 is 35.6 Å². The first-order valence-corrected chi connectivity index (χ1v) is 3.83. The maximum absolute atomic E-state index is 8.25. The minimum Gasteiger partial charge on any atom is -0.356 e. The largest absolute Gasteiger partial charge is 4.00 e. The monoisotopic (exact) mass is 592 g/mol. The molecule has 0 aromatic heterocycles. The van der Waals surface area contributed by atoms with Crippen LogP contribution in [0, 0.1) is 107 Å². The molecule has 0 N–H and O–H groups in total. The molecule has 28 nitrogen and oxygen atoms in total. The molecule has 0 fully saturated rings. The van der Waals surface area contributed by atoms with Crippen molar-refractivity contribution in [2.45, 2.75) is 0 Å². The SMILES string of the molecule is O=[N+]([O-])[O-].O=[N+]([O-])[O-].O=[N+]([O-])[O-].O=[N+]([O-])[O-].O=[N+]([O-])[O-].O=[N+]([O-])[O-].O=[N+]([O-])[O-].[Fe+3].[Ru+4]. The molecule has 0 amide bonds. The van der Waals surface area contributed by atoms with Gasteiger partial charge in [0.1, 0.15) is 0 Å². The Kier molecular flexibility index (Phi) is 93.2. The topological polar surface area (TPSA) is 463 Å². The first-order chi connectivity index (χ1) is 12.1. The van der Waals surface area contributed by atoms with Crippen LogP contribution in [0.4, 0.5) is 0 Å². The Balaban J connectivity index is -0.0000000242. The van der Waals surface area contributed by atoms with Crippen LogP contribution in [0.2, 0.25) is 0 Å². The van der Waals surface area contributed by atoms with Gasteiger partial charge < -0.3 is 107 Å². The number of rotatable bonds is 0. The van der Waals surface area contributed by atoms with Crippen molar-refractivity contribution in [3.63, 3.8) is 0 Å². The van der Waals surface area contributed by atoms with Crippen molar-refractivity contribution in [1.29, 1.82) is 0 Å². The molecule has 30 heteroatoms. The Morgan fingerprint density at radius 3 is 0.267 bits per heavy atom.